The number of amides is 2. The molecule has 0 radical (unpaired) electrons. The Morgan fingerprint density at radius 2 is 1.85 bits per heavy atom. The zero-order chi connectivity index (χ0) is 27.7. The van der Waals surface area contributed by atoms with Crippen molar-refractivity contribution in [2.45, 2.75) is 32.2 Å². The standard InChI is InChI=1S/C29H27F2N5O3.ClH/c1-3-25(18-4-6-20(30)7-5-18)36(28(38)29(11-12-29)27(32)37)21-8-9-26(23(31)14-21)39-22-10-13-33-24(15-22)19-16-34-35(2)17-19;/h4-10,13-17,25H,3,11-12H2,1-2H3,(H2,32,37);1H/t25-;/m0./s1. The summed E-state index contributed by atoms with van der Waals surface area (Å²) < 4.78 is 36.5. The number of hydrogen-bond acceptors (Lipinski definition) is 5. The minimum absolute atomic E-state index is 0. The van der Waals surface area contributed by atoms with Gasteiger partial charge in [0.25, 0.3) is 0 Å². The first-order valence-corrected chi connectivity index (χ1v) is 12.5. The molecule has 0 spiro atoms. The molecule has 4 aromatic rings. The van der Waals surface area contributed by atoms with Crippen LogP contribution in [0.1, 0.15) is 37.8 Å². The van der Waals surface area contributed by atoms with E-state index in [9.17, 15) is 14.0 Å². The number of rotatable bonds is 9. The van der Waals surface area contributed by atoms with Crippen molar-refractivity contribution in [1.29, 1.82) is 0 Å². The molecule has 0 bridgehead atoms. The maximum atomic E-state index is 15.4. The third kappa shape index (κ3) is 5.53. The number of benzene rings is 2. The SMILES string of the molecule is CC[C@@H](c1ccc(F)cc1)N(C(=O)C1(C(N)=O)CC1)c1ccc(Oc2ccnc(-c3cnn(C)c3)c2)c(F)c1.Cl. The molecule has 2 aromatic carbocycles. The summed E-state index contributed by atoms with van der Waals surface area (Å²) in [5, 5.41) is 4.14. The first-order chi connectivity index (χ1) is 18.7. The smallest absolute Gasteiger partial charge is 0.243 e. The quantitative estimate of drug-likeness (QED) is 0.260. The molecule has 8 nitrogen and oxygen atoms in total. The fraction of sp³-hybridized carbons (Fsp3) is 0.241. The molecule has 11 heteroatoms. The van der Waals surface area contributed by atoms with Crippen molar-refractivity contribution >= 4 is 29.9 Å². The van der Waals surface area contributed by atoms with E-state index in [0.29, 0.717) is 36.3 Å². The molecule has 0 aliphatic heterocycles. The fourth-order valence-corrected chi connectivity index (χ4v) is 4.65. The van der Waals surface area contributed by atoms with Crippen LogP contribution in [0, 0.1) is 17.0 Å². The van der Waals surface area contributed by atoms with Crippen LogP contribution in [-0.2, 0) is 16.6 Å². The lowest BCUT2D eigenvalue weighted by molar-refractivity contribution is -0.134. The number of ether oxygens (including phenoxy) is 1. The van der Waals surface area contributed by atoms with Gasteiger partial charge in [-0.3, -0.25) is 19.3 Å². The summed E-state index contributed by atoms with van der Waals surface area (Å²) in [7, 11) is 1.79. The van der Waals surface area contributed by atoms with E-state index < -0.39 is 34.9 Å². The number of nitrogens with two attached hydrogens (primary N) is 1. The van der Waals surface area contributed by atoms with Crippen LogP contribution in [0.15, 0.2) is 73.2 Å². The lowest BCUT2D eigenvalue weighted by Gasteiger charge is -2.34. The van der Waals surface area contributed by atoms with Crippen molar-refractivity contribution in [3.8, 4) is 22.8 Å². The number of carbonyl (C=O) groups excluding carboxylic acids is 2. The van der Waals surface area contributed by atoms with Gasteiger partial charge in [-0.25, -0.2) is 8.78 Å². The predicted octanol–water partition coefficient (Wildman–Crippen LogP) is 5.72. The molecule has 0 unspecified atom stereocenters. The Morgan fingerprint density at radius 1 is 1.12 bits per heavy atom. The van der Waals surface area contributed by atoms with E-state index in [0.717, 1.165) is 5.56 Å². The molecule has 2 aromatic heterocycles. The third-order valence-electron chi connectivity index (χ3n) is 6.96. The normalized spacial score (nSPS) is 14.1. The van der Waals surface area contributed by atoms with Gasteiger partial charge in [0, 0.05) is 42.8 Å². The number of nitrogens with zero attached hydrogens (tertiary/aromatic N) is 4. The van der Waals surface area contributed by atoms with Gasteiger partial charge >= 0.3 is 0 Å². The molecule has 1 aliphatic rings. The largest absolute Gasteiger partial charge is 0.454 e. The minimum Gasteiger partial charge on any atom is -0.454 e. The minimum atomic E-state index is -1.33. The maximum absolute atomic E-state index is 15.4. The van der Waals surface area contributed by atoms with Crippen LogP contribution in [0.4, 0.5) is 14.5 Å². The molecule has 2 amide bonds. The number of aryl methyl sites for hydroxylation is 1. The second-order valence-electron chi connectivity index (χ2n) is 9.59. The van der Waals surface area contributed by atoms with Crippen LogP contribution in [0.5, 0.6) is 11.5 Å². The number of aromatic nitrogens is 3. The summed E-state index contributed by atoms with van der Waals surface area (Å²) in [4.78, 5) is 31.7. The topological polar surface area (TPSA) is 103 Å². The van der Waals surface area contributed by atoms with E-state index in [1.165, 1.54) is 29.2 Å². The second kappa shape index (κ2) is 11.4. The van der Waals surface area contributed by atoms with E-state index in [1.54, 1.807) is 60.7 Å². The molecule has 208 valence electrons. The van der Waals surface area contributed by atoms with Gasteiger partial charge in [0.1, 0.15) is 17.0 Å². The van der Waals surface area contributed by atoms with E-state index in [1.807, 2.05) is 6.92 Å². The summed E-state index contributed by atoms with van der Waals surface area (Å²) >= 11 is 0. The molecule has 1 aliphatic carbocycles. The Bertz CT molecular complexity index is 1540. The molecule has 5 rings (SSSR count). The second-order valence-corrected chi connectivity index (χ2v) is 9.59. The summed E-state index contributed by atoms with van der Waals surface area (Å²) in [6.07, 6.45) is 6.09. The molecule has 2 N–H and O–H groups in total. The first-order valence-electron chi connectivity index (χ1n) is 12.5. The van der Waals surface area contributed by atoms with Crippen molar-refractivity contribution in [3.05, 3.63) is 90.4 Å². The highest BCUT2D eigenvalue weighted by Gasteiger charge is 2.58. The van der Waals surface area contributed by atoms with E-state index >= 15 is 4.39 Å². The number of pyridine rings is 1. The lowest BCUT2D eigenvalue weighted by Crippen LogP contribution is -2.45. The molecular formula is C29H28ClF2N5O3. The van der Waals surface area contributed by atoms with Gasteiger partial charge in [0.05, 0.1) is 17.9 Å². The third-order valence-corrected chi connectivity index (χ3v) is 6.96. The van der Waals surface area contributed by atoms with Crippen molar-refractivity contribution < 1.29 is 23.1 Å². The lowest BCUT2D eigenvalue weighted by atomic mass is 9.97. The van der Waals surface area contributed by atoms with Crippen LogP contribution in [0.2, 0.25) is 0 Å². The molecule has 0 saturated heterocycles. The first kappa shape index (κ1) is 28.7. The fourth-order valence-electron chi connectivity index (χ4n) is 4.65. The van der Waals surface area contributed by atoms with Gasteiger partial charge in [-0.15, -0.1) is 12.4 Å². The van der Waals surface area contributed by atoms with Gasteiger partial charge in [0.15, 0.2) is 11.6 Å². The molecule has 1 saturated carbocycles. The molecular weight excluding hydrogens is 540 g/mol. The highest BCUT2D eigenvalue weighted by atomic mass is 35.5. The Balaban J connectivity index is 0.00000370. The summed E-state index contributed by atoms with van der Waals surface area (Å²) in [6.45, 7) is 1.86. The average Bonchev–Trinajstić information content (AvgIpc) is 3.64. The van der Waals surface area contributed by atoms with E-state index in [4.69, 9.17) is 10.5 Å². The van der Waals surface area contributed by atoms with Gasteiger partial charge in [-0.05, 0) is 55.2 Å². The Hall–Kier alpha value is -4.31. The van der Waals surface area contributed by atoms with Crippen molar-refractivity contribution in [3.63, 3.8) is 0 Å². The van der Waals surface area contributed by atoms with Gasteiger partial charge in [-0.1, -0.05) is 19.1 Å². The zero-order valence-corrected chi connectivity index (χ0v) is 22.7. The van der Waals surface area contributed by atoms with Crippen LogP contribution < -0.4 is 15.4 Å². The maximum Gasteiger partial charge on any atom is 0.243 e. The van der Waals surface area contributed by atoms with E-state index in [2.05, 4.69) is 10.1 Å². The number of primary amides is 1. The van der Waals surface area contributed by atoms with Crippen LogP contribution >= 0.6 is 12.4 Å². The predicted molar refractivity (Wildman–Crippen MR) is 148 cm³/mol. The number of halogens is 3. The van der Waals surface area contributed by atoms with Crippen molar-refractivity contribution in [2.24, 2.45) is 18.2 Å². The molecule has 1 fully saturated rings. The molecule has 40 heavy (non-hydrogen) atoms. The zero-order valence-electron chi connectivity index (χ0n) is 21.9. The highest BCUT2D eigenvalue weighted by molar-refractivity contribution is 6.14. The van der Waals surface area contributed by atoms with Gasteiger partial charge < -0.3 is 15.4 Å². The number of carbonyl (C=O) groups is 2. The summed E-state index contributed by atoms with van der Waals surface area (Å²) in [5.74, 6) is -2.03. The Morgan fingerprint density at radius 3 is 2.42 bits per heavy atom. The van der Waals surface area contributed by atoms with Crippen molar-refractivity contribution in [2.75, 3.05) is 4.90 Å². The number of anilines is 1. The van der Waals surface area contributed by atoms with Gasteiger partial charge in [0.2, 0.25) is 11.8 Å². The average molecular weight is 568 g/mol. The summed E-state index contributed by atoms with van der Waals surface area (Å²) in [6, 6.07) is 12.6. The molecule has 1 atom stereocenters. The Labute approximate surface area is 236 Å². The monoisotopic (exact) mass is 567 g/mol. The van der Waals surface area contributed by atoms with Crippen LogP contribution in [-0.4, -0.2) is 26.6 Å². The highest BCUT2D eigenvalue weighted by Crippen LogP contribution is 2.49. The van der Waals surface area contributed by atoms with Crippen LogP contribution in [0.3, 0.4) is 0 Å². The summed E-state index contributed by atoms with van der Waals surface area (Å²) in [5.41, 5.74) is 6.54. The van der Waals surface area contributed by atoms with Crippen LogP contribution in [0.25, 0.3) is 11.3 Å². The van der Waals surface area contributed by atoms with Crippen molar-refractivity contribution in [1.82, 2.24) is 14.8 Å². The van der Waals surface area contributed by atoms with Gasteiger partial charge in [-0.2, -0.15) is 5.10 Å². The van der Waals surface area contributed by atoms with E-state index in [-0.39, 0.29) is 23.8 Å². The molecule has 2 heterocycles. The number of hydrogen-bond donors (Lipinski definition) is 1. The Kier molecular flexibility index (Phi) is 8.20.